The number of hydrogen-bond acceptors (Lipinski definition) is 3. The first kappa shape index (κ1) is 14.5. The van der Waals surface area contributed by atoms with Crippen LogP contribution >= 0.6 is 34.8 Å². The molecule has 0 aromatic heterocycles. The summed E-state index contributed by atoms with van der Waals surface area (Å²) in [6.45, 7) is 0.895. The first-order chi connectivity index (χ1) is 10.0. The maximum Gasteiger partial charge on any atom is 0.194 e. The van der Waals surface area contributed by atoms with Crippen molar-refractivity contribution in [2.24, 2.45) is 0 Å². The van der Waals surface area contributed by atoms with E-state index in [-0.39, 0.29) is 5.78 Å². The van der Waals surface area contributed by atoms with Crippen LogP contribution in [0.1, 0.15) is 15.9 Å². The molecule has 0 radical (unpaired) electrons. The fraction of sp³-hybridized carbons (Fsp3) is 0.133. The van der Waals surface area contributed by atoms with E-state index >= 15 is 0 Å². The Hall–Kier alpha value is -1.42. The molecule has 0 spiro atoms. The van der Waals surface area contributed by atoms with Crippen molar-refractivity contribution in [3.8, 4) is 11.5 Å². The highest BCUT2D eigenvalue weighted by Crippen LogP contribution is 2.36. The van der Waals surface area contributed by atoms with Gasteiger partial charge in [0.25, 0.3) is 0 Å². The molecule has 3 rings (SSSR count). The molecule has 0 unspecified atom stereocenters. The highest BCUT2D eigenvalue weighted by molar-refractivity contribution is 6.37. The Morgan fingerprint density at radius 1 is 0.857 bits per heavy atom. The summed E-state index contributed by atoms with van der Waals surface area (Å²) in [7, 11) is 0. The molecule has 108 valence electrons. The van der Waals surface area contributed by atoms with E-state index in [0.29, 0.717) is 50.9 Å². The highest BCUT2D eigenvalue weighted by Gasteiger charge is 2.20. The monoisotopic (exact) mass is 342 g/mol. The second kappa shape index (κ2) is 5.76. The van der Waals surface area contributed by atoms with Crippen LogP contribution in [0.3, 0.4) is 0 Å². The van der Waals surface area contributed by atoms with Gasteiger partial charge in [0.15, 0.2) is 17.3 Å². The van der Waals surface area contributed by atoms with Crippen molar-refractivity contribution in [1.82, 2.24) is 0 Å². The van der Waals surface area contributed by atoms with Gasteiger partial charge in [-0.05, 0) is 24.3 Å². The zero-order valence-corrected chi connectivity index (χ0v) is 12.9. The molecule has 2 aromatic carbocycles. The summed E-state index contributed by atoms with van der Waals surface area (Å²) in [5, 5.41) is 1.07. The molecular formula is C15H9Cl3O3. The number of halogens is 3. The summed E-state index contributed by atoms with van der Waals surface area (Å²) < 4.78 is 10.9. The van der Waals surface area contributed by atoms with Gasteiger partial charge < -0.3 is 9.47 Å². The second-order valence-corrected chi connectivity index (χ2v) is 5.74. The van der Waals surface area contributed by atoms with Crippen LogP contribution in [0.25, 0.3) is 0 Å². The zero-order valence-electron chi connectivity index (χ0n) is 10.7. The Labute approximate surface area is 136 Å². The van der Waals surface area contributed by atoms with Crippen LogP contribution in [0, 0.1) is 0 Å². The van der Waals surface area contributed by atoms with Crippen LogP contribution in [-0.2, 0) is 0 Å². The van der Waals surface area contributed by atoms with Crippen LogP contribution in [-0.4, -0.2) is 19.0 Å². The number of carbonyl (C=O) groups excluding carboxylic acids is 1. The van der Waals surface area contributed by atoms with Gasteiger partial charge >= 0.3 is 0 Å². The Bertz CT molecular complexity index is 708. The van der Waals surface area contributed by atoms with E-state index in [4.69, 9.17) is 44.3 Å². The lowest BCUT2D eigenvalue weighted by atomic mass is 10.0. The second-order valence-electron chi connectivity index (χ2n) is 4.46. The van der Waals surface area contributed by atoms with Crippen LogP contribution < -0.4 is 9.47 Å². The maximum absolute atomic E-state index is 12.6. The van der Waals surface area contributed by atoms with Gasteiger partial charge in [-0.15, -0.1) is 0 Å². The standard InChI is InChI=1S/C15H9Cl3O3/c16-9-3-8(4-10(17)5-9)15(19)11-6-13-14(7-12(11)18)21-2-1-20-13/h3-7H,1-2H2. The van der Waals surface area contributed by atoms with Gasteiger partial charge in [-0.2, -0.15) is 0 Å². The van der Waals surface area contributed by atoms with Crippen molar-refractivity contribution in [1.29, 1.82) is 0 Å². The average molecular weight is 344 g/mol. The SMILES string of the molecule is O=C(c1cc(Cl)cc(Cl)c1)c1cc2c(cc1Cl)OCCO2. The van der Waals surface area contributed by atoms with E-state index in [2.05, 4.69) is 0 Å². The van der Waals surface area contributed by atoms with Crippen LogP contribution in [0.5, 0.6) is 11.5 Å². The molecule has 0 aliphatic carbocycles. The van der Waals surface area contributed by atoms with E-state index in [1.807, 2.05) is 0 Å². The summed E-state index contributed by atoms with van der Waals surface area (Å²) in [6.07, 6.45) is 0. The number of carbonyl (C=O) groups is 1. The predicted molar refractivity (Wildman–Crippen MR) is 82.3 cm³/mol. The summed E-state index contributed by atoms with van der Waals surface area (Å²) in [5.74, 6) is 0.760. The maximum atomic E-state index is 12.6. The average Bonchev–Trinajstić information content (AvgIpc) is 2.44. The molecule has 0 atom stereocenters. The fourth-order valence-electron chi connectivity index (χ4n) is 2.08. The van der Waals surface area contributed by atoms with Crippen LogP contribution in [0.2, 0.25) is 15.1 Å². The largest absolute Gasteiger partial charge is 0.486 e. The third-order valence-corrected chi connectivity index (χ3v) is 3.75. The van der Waals surface area contributed by atoms with E-state index in [9.17, 15) is 4.79 Å². The van der Waals surface area contributed by atoms with E-state index < -0.39 is 0 Å². The minimum absolute atomic E-state index is 0.277. The van der Waals surface area contributed by atoms with Gasteiger partial charge in [0.1, 0.15) is 13.2 Å². The van der Waals surface area contributed by atoms with Crippen molar-refractivity contribution >= 4 is 40.6 Å². The van der Waals surface area contributed by atoms with E-state index in [1.54, 1.807) is 30.3 Å². The van der Waals surface area contributed by atoms with Crippen LogP contribution in [0.4, 0.5) is 0 Å². The molecule has 0 saturated heterocycles. The summed E-state index contributed by atoms with van der Waals surface area (Å²) >= 11 is 18.0. The molecule has 1 aliphatic rings. The van der Waals surface area contributed by atoms with Crippen LogP contribution in [0.15, 0.2) is 30.3 Å². The van der Waals surface area contributed by atoms with Gasteiger partial charge in [-0.3, -0.25) is 4.79 Å². The van der Waals surface area contributed by atoms with Crippen molar-refractivity contribution in [2.75, 3.05) is 13.2 Å². The number of rotatable bonds is 2. The quantitative estimate of drug-likeness (QED) is 0.745. The molecule has 21 heavy (non-hydrogen) atoms. The Kier molecular flexibility index (Phi) is 3.98. The first-order valence-corrected chi connectivity index (χ1v) is 7.28. The van der Waals surface area contributed by atoms with Gasteiger partial charge in [0, 0.05) is 27.2 Å². The lowest BCUT2D eigenvalue weighted by Crippen LogP contribution is -2.16. The normalized spacial score (nSPS) is 13.1. The molecule has 0 saturated carbocycles. The molecule has 2 aromatic rings. The number of benzene rings is 2. The molecule has 3 nitrogen and oxygen atoms in total. The molecule has 0 fully saturated rings. The molecule has 1 aliphatic heterocycles. The van der Waals surface area contributed by atoms with Gasteiger partial charge in [-0.1, -0.05) is 34.8 Å². The summed E-state index contributed by atoms with van der Waals surface area (Å²) in [5.41, 5.74) is 0.685. The Balaban J connectivity index is 2.05. The number of fused-ring (bicyclic) bond motifs is 1. The minimum atomic E-state index is -0.277. The first-order valence-electron chi connectivity index (χ1n) is 6.14. The lowest BCUT2D eigenvalue weighted by molar-refractivity contribution is 0.103. The zero-order chi connectivity index (χ0) is 15.0. The topological polar surface area (TPSA) is 35.5 Å². The molecule has 6 heteroatoms. The van der Waals surface area contributed by atoms with Gasteiger partial charge in [0.2, 0.25) is 0 Å². The molecule has 0 amide bonds. The minimum Gasteiger partial charge on any atom is -0.486 e. The number of ether oxygens (including phenoxy) is 2. The molecule has 1 heterocycles. The van der Waals surface area contributed by atoms with E-state index in [1.165, 1.54) is 0 Å². The Morgan fingerprint density at radius 3 is 2.05 bits per heavy atom. The third-order valence-electron chi connectivity index (χ3n) is 3.00. The van der Waals surface area contributed by atoms with E-state index in [0.717, 1.165) is 0 Å². The summed E-state index contributed by atoms with van der Waals surface area (Å²) in [6, 6.07) is 7.81. The predicted octanol–water partition coefficient (Wildman–Crippen LogP) is 4.65. The van der Waals surface area contributed by atoms with Gasteiger partial charge in [0.05, 0.1) is 5.02 Å². The van der Waals surface area contributed by atoms with Crippen molar-refractivity contribution in [3.05, 3.63) is 56.5 Å². The van der Waals surface area contributed by atoms with Crippen molar-refractivity contribution in [2.45, 2.75) is 0 Å². The Morgan fingerprint density at radius 2 is 1.43 bits per heavy atom. The molecular weight excluding hydrogens is 335 g/mol. The van der Waals surface area contributed by atoms with Crippen molar-refractivity contribution < 1.29 is 14.3 Å². The third kappa shape index (κ3) is 2.95. The molecule has 0 N–H and O–H groups in total. The fourth-order valence-corrected chi connectivity index (χ4v) is 2.84. The van der Waals surface area contributed by atoms with Gasteiger partial charge in [-0.25, -0.2) is 0 Å². The smallest absolute Gasteiger partial charge is 0.194 e. The number of hydrogen-bond donors (Lipinski definition) is 0. The lowest BCUT2D eigenvalue weighted by Gasteiger charge is -2.19. The van der Waals surface area contributed by atoms with Crippen molar-refractivity contribution in [3.63, 3.8) is 0 Å². The highest BCUT2D eigenvalue weighted by atomic mass is 35.5. The molecule has 0 bridgehead atoms. The summed E-state index contributed by atoms with van der Waals surface area (Å²) in [4.78, 5) is 12.6. The number of ketones is 1.